The summed E-state index contributed by atoms with van der Waals surface area (Å²) in [7, 11) is 1.70. The number of likely N-dealkylation sites (N-methyl/N-ethyl adjacent to an activating group) is 1. The number of hydrogen-bond acceptors (Lipinski definition) is 4. The minimum Gasteiger partial charge on any atom is -0.491 e. The van der Waals surface area contributed by atoms with Crippen LogP contribution in [0.5, 0.6) is 5.75 Å². The lowest BCUT2D eigenvalue weighted by Crippen LogP contribution is -2.27. The van der Waals surface area contributed by atoms with Crippen molar-refractivity contribution in [2.45, 2.75) is 20.4 Å². The van der Waals surface area contributed by atoms with Crippen molar-refractivity contribution < 1.29 is 9.47 Å². The third-order valence-corrected chi connectivity index (χ3v) is 3.66. The Hall–Kier alpha value is -0.810. The Morgan fingerprint density at radius 2 is 1.95 bits per heavy atom. The van der Waals surface area contributed by atoms with Crippen molar-refractivity contribution in [2.75, 3.05) is 46.5 Å². The van der Waals surface area contributed by atoms with E-state index in [4.69, 9.17) is 21.1 Å². The summed E-state index contributed by atoms with van der Waals surface area (Å²) < 4.78 is 10.7. The Morgan fingerprint density at radius 3 is 2.57 bits per heavy atom. The van der Waals surface area contributed by atoms with Gasteiger partial charge in [-0.3, -0.25) is 0 Å². The van der Waals surface area contributed by atoms with Crippen molar-refractivity contribution in [1.82, 2.24) is 10.2 Å². The molecule has 5 heteroatoms. The van der Waals surface area contributed by atoms with E-state index in [1.165, 1.54) is 0 Å². The molecule has 0 aliphatic heterocycles. The van der Waals surface area contributed by atoms with Crippen LogP contribution in [-0.2, 0) is 11.3 Å². The summed E-state index contributed by atoms with van der Waals surface area (Å²) >= 11 is 6.26. The first-order valence-corrected chi connectivity index (χ1v) is 7.92. The van der Waals surface area contributed by atoms with E-state index in [-0.39, 0.29) is 0 Å². The lowest BCUT2D eigenvalue weighted by Gasteiger charge is -2.18. The summed E-state index contributed by atoms with van der Waals surface area (Å²) in [6.45, 7) is 10.3. The Morgan fingerprint density at radius 1 is 1.19 bits per heavy atom. The third-order valence-electron chi connectivity index (χ3n) is 3.37. The third kappa shape index (κ3) is 7.14. The maximum atomic E-state index is 6.26. The molecule has 0 bridgehead atoms. The van der Waals surface area contributed by atoms with E-state index < -0.39 is 0 Å². The van der Waals surface area contributed by atoms with Crippen molar-refractivity contribution >= 4 is 11.6 Å². The maximum Gasteiger partial charge on any atom is 0.137 e. The Balaban J connectivity index is 2.39. The van der Waals surface area contributed by atoms with E-state index in [9.17, 15) is 0 Å². The molecule has 0 amide bonds. The second kappa shape index (κ2) is 10.9. The Bertz CT molecular complexity index is 398. The van der Waals surface area contributed by atoms with Gasteiger partial charge in [-0.2, -0.15) is 0 Å². The lowest BCUT2D eigenvalue weighted by molar-refractivity contribution is 0.199. The molecular weight excluding hydrogens is 288 g/mol. The molecule has 0 saturated heterocycles. The molecule has 0 saturated carbocycles. The van der Waals surface area contributed by atoms with Gasteiger partial charge in [-0.05, 0) is 30.8 Å². The zero-order valence-electron chi connectivity index (χ0n) is 13.3. The summed E-state index contributed by atoms with van der Waals surface area (Å²) in [5, 5.41) is 3.96. The number of benzene rings is 1. The summed E-state index contributed by atoms with van der Waals surface area (Å²) in [5.74, 6) is 0.754. The number of ether oxygens (including phenoxy) is 2. The second-order valence-corrected chi connectivity index (χ2v) is 5.22. The van der Waals surface area contributed by atoms with E-state index >= 15 is 0 Å². The number of methoxy groups -OCH3 is 1. The van der Waals surface area contributed by atoms with Crippen LogP contribution in [0.4, 0.5) is 0 Å². The SMILES string of the molecule is CCN(CC)CCOc1ccc(CNCCOC)cc1Cl. The van der Waals surface area contributed by atoms with Crippen LogP contribution in [0.2, 0.25) is 5.02 Å². The fourth-order valence-electron chi connectivity index (χ4n) is 2.00. The van der Waals surface area contributed by atoms with Gasteiger partial charge in [0.05, 0.1) is 11.6 Å². The van der Waals surface area contributed by atoms with Crippen molar-refractivity contribution in [3.05, 3.63) is 28.8 Å². The average Bonchev–Trinajstić information content (AvgIpc) is 2.50. The van der Waals surface area contributed by atoms with Crippen LogP contribution >= 0.6 is 11.6 Å². The number of nitrogens with zero attached hydrogens (tertiary/aromatic N) is 1. The van der Waals surface area contributed by atoms with E-state index in [2.05, 4.69) is 24.1 Å². The summed E-state index contributed by atoms with van der Waals surface area (Å²) in [4.78, 5) is 2.32. The van der Waals surface area contributed by atoms with Crippen LogP contribution in [0.25, 0.3) is 0 Å². The Labute approximate surface area is 133 Å². The monoisotopic (exact) mass is 314 g/mol. The second-order valence-electron chi connectivity index (χ2n) is 4.81. The normalized spacial score (nSPS) is 11.1. The van der Waals surface area contributed by atoms with Gasteiger partial charge in [0.25, 0.3) is 0 Å². The highest BCUT2D eigenvalue weighted by molar-refractivity contribution is 6.32. The number of rotatable bonds is 11. The number of hydrogen-bond donors (Lipinski definition) is 1. The topological polar surface area (TPSA) is 33.7 Å². The zero-order chi connectivity index (χ0) is 15.5. The molecule has 0 fully saturated rings. The van der Waals surface area contributed by atoms with E-state index in [0.717, 1.165) is 44.0 Å². The number of halogens is 1. The van der Waals surface area contributed by atoms with Gasteiger partial charge >= 0.3 is 0 Å². The molecule has 120 valence electrons. The molecule has 1 aromatic rings. The first-order chi connectivity index (χ1) is 10.2. The van der Waals surface area contributed by atoms with Gasteiger partial charge in [0.1, 0.15) is 12.4 Å². The van der Waals surface area contributed by atoms with Crippen LogP contribution in [0, 0.1) is 0 Å². The molecule has 1 aromatic carbocycles. The van der Waals surface area contributed by atoms with Gasteiger partial charge in [0, 0.05) is 26.7 Å². The molecule has 1 rings (SSSR count). The van der Waals surface area contributed by atoms with Crippen molar-refractivity contribution in [3.63, 3.8) is 0 Å². The molecule has 0 heterocycles. The molecule has 4 nitrogen and oxygen atoms in total. The first kappa shape index (κ1) is 18.2. The summed E-state index contributed by atoms with van der Waals surface area (Å²) in [6.07, 6.45) is 0. The van der Waals surface area contributed by atoms with Crippen molar-refractivity contribution in [1.29, 1.82) is 0 Å². The van der Waals surface area contributed by atoms with Crippen LogP contribution in [0.15, 0.2) is 18.2 Å². The van der Waals surface area contributed by atoms with Crippen LogP contribution in [0.1, 0.15) is 19.4 Å². The van der Waals surface area contributed by atoms with Gasteiger partial charge in [-0.1, -0.05) is 31.5 Å². The predicted molar refractivity (Wildman–Crippen MR) is 88.3 cm³/mol. The first-order valence-electron chi connectivity index (χ1n) is 7.54. The van der Waals surface area contributed by atoms with Crippen molar-refractivity contribution in [2.24, 2.45) is 0 Å². The highest BCUT2D eigenvalue weighted by Crippen LogP contribution is 2.25. The van der Waals surface area contributed by atoms with Gasteiger partial charge < -0.3 is 19.7 Å². The van der Waals surface area contributed by atoms with E-state index in [1.807, 2.05) is 18.2 Å². The quantitative estimate of drug-likeness (QED) is 0.637. The molecule has 0 atom stereocenters. The summed E-state index contributed by atoms with van der Waals surface area (Å²) in [5.41, 5.74) is 1.15. The number of nitrogens with one attached hydrogen (secondary N) is 1. The lowest BCUT2D eigenvalue weighted by atomic mass is 10.2. The van der Waals surface area contributed by atoms with Crippen LogP contribution in [0.3, 0.4) is 0 Å². The minimum absolute atomic E-state index is 0.660. The molecule has 0 aliphatic rings. The fraction of sp³-hybridized carbons (Fsp3) is 0.625. The molecular formula is C16H27ClN2O2. The van der Waals surface area contributed by atoms with Crippen LogP contribution in [-0.4, -0.2) is 51.4 Å². The highest BCUT2D eigenvalue weighted by atomic mass is 35.5. The van der Waals surface area contributed by atoms with E-state index in [1.54, 1.807) is 7.11 Å². The fourth-order valence-corrected chi connectivity index (χ4v) is 2.26. The molecule has 0 spiro atoms. The molecule has 1 N–H and O–H groups in total. The molecule has 0 aliphatic carbocycles. The smallest absolute Gasteiger partial charge is 0.137 e. The van der Waals surface area contributed by atoms with Crippen molar-refractivity contribution in [3.8, 4) is 5.75 Å². The largest absolute Gasteiger partial charge is 0.491 e. The van der Waals surface area contributed by atoms with Gasteiger partial charge in [-0.25, -0.2) is 0 Å². The molecule has 21 heavy (non-hydrogen) atoms. The highest BCUT2D eigenvalue weighted by Gasteiger charge is 2.05. The minimum atomic E-state index is 0.660. The average molecular weight is 315 g/mol. The zero-order valence-corrected chi connectivity index (χ0v) is 14.1. The van der Waals surface area contributed by atoms with Gasteiger partial charge in [-0.15, -0.1) is 0 Å². The van der Waals surface area contributed by atoms with E-state index in [0.29, 0.717) is 18.2 Å². The van der Waals surface area contributed by atoms with Crippen LogP contribution < -0.4 is 10.1 Å². The summed E-state index contributed by atoms with van der Waals surface area (Å²) in [6, 6.07) is 5.93. The standard InChI is InChI=1S/C16H27ClN2O2/c1-4-19(5-2)9-11-21-16-7-6-14(12-15(16)17)13-18-8-10-20-3/h6-7,12,18H,4-5,8-11,13H2,1-3H3. The van der Waals surface area contributed by atoms with Gasteiger partial charge in [0.15, 0.2) is 0 Å². The maximum absolute atomic E-state index is 6.26. The predicted octanol–water partition coefficient (Wildman–Crippen LogP) is 2.80. The molecule has 0 radical (unpaired) electrons. The van der Waals surface area contributed by atoms with Gasteiger partial charge in [0.2, 0.25) is 0 Å². The molecule has 0 aromatic heterocycles. The molecule has 0 unspecified atom stereocenters. The Kier molecular flexibility index (Phi) is 9.42.